The molecule has 100 valence electrons. The van der Waals surface area contributed by atoms with Gasteiger partial charge in [-0.1, -0.05) is 11.6 Å². The molecule has 0 saturated heterocycles. The Bertz CT molecular complexity index is 653. The van der Waals surface area contributed by atoms with Crippen LogP contribution in [0.5, 0.6) is 0 Å². The van der Waals surface area contributed by atoms with Crippen molar-refractivity contribution in [2.24, 2.45) is 0 Å². The Morgan fingerprint density at radius 2 is 2.05 bits per heavy atom. The van der Waals surface area contributed by atoms with E-state index >= 15 is 0 Å². The predicted octanol–water partition coefficient (Wildman–Crippen LogP) is 2.89. The molecule has 0 spiro atoms. The van der Waals surface area contributed by atoms with E-state index in [2.05, 4.69) is 4.98 Å². The monoisotopic (exact) mass is 278 g/mol. The van der Waals surface area contributed by atoms with Crippen LogP contribution in [0.1, 0.15) is 11.3 Å². The average molecular weight is 279 g/mol. The molecule has 0 amide bonds. The molecule has 0 unspecified atom stereocenters. The first-order valence-electron chi connectivity index (χ1n) is 5.87. The lowest BCUT2D eigenvalue weighted by atomic mass is 10.0. The van der Waals surface area contributed by atoms with Gasteiger partial charge in [0.2, 0.25) is 0 Å². The summed E-state index contributed by atoms with van der Waals surface area (Å²) in [5.41, 5.74) is 3.18. The van der Waals surface area contributed by atoms with Crippen molar-refractivity contribution in [3.8, 4) is 0 Å². The third-order valence-electron chi connectivity index (χ3n) is 2.89. The summed E-state index contributed by atoms with van der Waals surface area (Å²) < 4.78 is 0. The van der Waals surface area contributed by atoms with Gasteiger partial charge in [-0.15, -0.1) is 0 Å². The van der Waals surface area contributed by atoms with Crippen LogP contribution in [0.25, 0.3) is 10.9 Å². The largest absolute Gasteiger partial charge is 0.481 e. The molecule has 1 N–H and O–H groups in total. The summed E-state index contributed by atoms with van der Waals surface area (Å²) in [6, 6.07) is 5.46. The highest BCUT2D eigenvalue weighted by atomic mass is 35.5. The maximum atomic E-state index is 10.9. The van der Waals surface area contributed by atoms with Crippen LogP contribution in [0, 0.1) is 6.92 Å². The van der Waals surface area contributed by atoms with Crippen LogP contribution in [-0.4, -0.2) is 30.2 Å². The fourth-order valence-electron chi connectivity index (χ4n) is 2.13. The van der Waals surface area contributed by atoms with Crippen LogP contribution in [0.15, 0.2) is 18.2 Å². The molecule has 2 rings (SSSR count). The molecule has 1 heterocycles. The maximum Gasteiger partial charge on any atom is 0.307 e. The van der Waals surface area contributed by atoms with Crippen molar-refractivity contribution in [1.29, 1.82) is 0 Å². The zero-order chi connectivity index (χ0) is 14.2. The van der Waals surface area contributed by atoms with Gasteiger partial charge in [-0.2, -0.15) is 0 Å². The second-order valence-corrected chi connectivity index (χ2v) is 5.15. The van der Waals surface area contributed by atoms with Gasteiger partial charge in [0.15, 0.2) is 0 Å². The Kier molecular flexibility index (Phi) is 3.62. The van der Waals surface area contributed by atoms with Crippen LogP contribution < -0.4 is 4.90 Å². The topological polar surface area (TPSA) is 53.4 Å². The third kappa shape index (κ3) is 2.79. The first-order chi connectivity index (χ1) is 8.88. The van der Waals surface area contributed by atoms with Gasteiger partial charge in [0.25, 0.3) is 0 Å². The molecule has 0 radical (unpaired) electrons. The zero-order valence-corrected chi connectivity index (χ0v) is 11.8. The van der Waals surface area contributed by atoms with E-state index in [1.165, 1.54) is 0 Å². The van der Waals surface area contributed by atoms with Gasteiger partial charge in [0.05, 0.1) is 11.9 Å². The molecule has 0 fully saturated rings. The molecule has 1 aromatic carbocycles. The first-order valence-corrected chi connectivity index (χ1v) is 6.25. The quantitative estimate of drug-likeness (QED) is 0.938. The van der Waals surface area contributed by atoms with Crippen molar-refractivity contribution in [2.45, 2.75) is 13.3 Å². The Morgan fingerprint density at radius 3 is 2.63 bits per heavy atom. The van der Waals surface area contributed by atoms with Gasteiger partial charge in [-0.05, 0) is 30.7 Å². The molecule has 1 aromatic heterocycles. The number of halogens is 1. The van der Waals surface area contributed by atoms with Gasteiger partial charge in [-0.25, -0.2) is 0 Å². The molecule has 19 heavy (non-hydrogen) atoms. The Balaban J connectivity index is 2.80. The highest BCUT2D eigenvalue weighted by Gasteiger charge is 2.13. The van der Waals surface area contributed by atoms with Crippen LogP contribution >= 0.6 is 11.6 Å². The zero-order valence-electron chi connectivity index (χ0n) is 11.1. The van der Waals surface area contributed by atoms with Crippen molar-refractivity contribution >= 4 is 34.2 Å². The van der Waals surface area contributed by atoms with Gasteiger partial charge in [0.1, 0.15) is 0 Å². The number of aryl methyl sites for hydroxylation is 1. The number of aromatic nitrogens is 1. The van der Waals surface area contributed by atoms with E-state index in [9.17, 15) is 4.79 Å². The van der Waals surface area contributed by atoms with Crippen molar-refractivity contribution in [3.05, 3.63) is 34.5 Å². The average Bonchev–Trinajstić information content (AvgIpc) is 2.28. The van der Waals surface area contributed by atoms with E-state index in [0.29, 0.717) is 16.1 Å². The molecule has 0 aliphatic carbocycles. The van der Waals surface area contributed by atoms with Crippen molar-refractivity contribution in [2.75, 3.05) is 19.0 Å². The number of benzene rings is 1. The van der Waals surface area contributed by atoms with Crippen LogP contribution in [-0.2, 0) is 11.2 Å². The number of carbonyl (C=O) groups is 1. The van der Waals surface area contributed by atoms with Gasteiger partial charge in [-0.3, -0.25) is 9.78 Å². The first kappa shape index (κ1) is 13.6. The summed E-state index contributed by atoms with van der Waals surface area (Å²) in [7, 11) is 3.87. The number of rotatable bonds is 3. The Labute approximate surface area is 116 Å². The number of hydrogen-bond acceptors (Lipinski definition) is 3. The lowest BCUT2D eigenvalue weighted by Gasteiger charge is -2.17. The highest BCUT2D eigenvalue weighted by Crippen LogP contribution is 2.31. The number of carboxylic acids is 1. The van der Waals surface area contributed by atoms with Gasteiger partial charge >= 0.3 is 5.97 Å². The van der Waals surface area contributed by atoms with Gasteiger partial charge in [0, 0.05) is 35.9 Å². The van der Waals surface area contributed by atoms with E-state index in [0.717, 1.165) is 16.8 Å². The second kappa shape index (κ2) is 5.05. The summed E-state index contributed by atoms with van der Waals surface area (Å²) in [6.45, 7) is 1.89. The van der Waals surface area contributed by atoms with E-state index in [1.807, 2.05) is 38.1 Å². The number of anilines is 1. The summed E-state index contributed by atoms with van der Waals surface area (Å²) in [5, 5.41) is 10.4. The van der Waals surface area contributed by atoms with Crippen LogP contribution in [0.4, 0.5) is 5.69 Å². The summed E-state index contributed by atoms with van der Waals surface area (Å²) in [6.07, 6.45) is -0.0830. The van der Waals surface area contributed by atoms with Crippen molar-refractivity contribution in [3.63, 3.8) is 0 Å². The number of hydrogen-bond donors (Lipinski definition) is 1. The maximum absolute atomic E-state index is 10.9. The van der Waals surface area contributed by atoms with E-state index in [-0.39, 0.29) is 6.42 Å². The van der Waals surface area contributed by atoms with E-state index < -0.39 is 5.97 Å². The SMILES string of the molecule is Cc1cc(N(C)C)c2cc(Cl)cc(CC(=O)O)c2n1. The lowest BCUT2D eigenvalue weighted by Crippen LogP contribution is -2.11. The number of nitrogens with zero attached hydrogens (tertiary/aromatic N) is 2. The summed E-state index contributed by atoms with van der Waals surface area (Å²) in [5.74, 6) is -0.890. The van der Waals surface area contributed by atoms with E-state index in [4.69, 9.17) is 16.7 Å². The molecule has 2 aromatic rings. The summed E-state index contributed by atoms with van der Waals surface area (Å²) in [4.78, 5) is 17.4. The molecule has 0 atom stereocenters. The van der Waals surface area contributed by atoms with Crippen LogP contribution in [0.3, 0.4) is 0 Å². The molecular weight excluding hydrogens is 264 g/mol. The number of carboxylic acid groups (broad SMARTS) is 1. The molecule has 0 aliphatic heterocycles. The molecular formula is C14H15ClN2O2. The smallest absolute Gasteiger partial charge is 0.307 e. The highest BCUT2D eigenvalue weighted by molar-refractivity contribution is 6.31. The molecule has 0 aliphatic rings. The minimum absolute atomic E-state index is 0.0830. The Hall–Kier alpha value is -1.81. The predicted molar refractivity (Wildman–Crippen MR) is 77.2 cm³/mol. The third-order valence-corrected chi connectivity index (χ3v) is 3.11. The fourth-order valence-corrected chi connectivity index (χ4v) is 2.38. The van der Waals surface area contributed by atoms with Gasteiger partial charge < -0.3 is 10.0 Å². The van der Waals surface area contributed by atoms with Crippen molar-refractivity contribution < 1.29 is 9.90 Å². The fraction of sp³-hybridized carbons (Fsp3) is 0.286. The molecule has 4 nitrogen and oxygen atoms in total. The summed E-state index contributed by atoms with van der Waals surface area (Å²) >= 11 is 6.08. The van der Waals surface area contributed by atoms with Crippen molar-refractivity contribution in [1.82, 2.24) is 4.98 Å². The number of pyridine rings is 1. The minimum atomic E-state index is -0.890. The molecule has 5 heteroatoms. The van der Waals surface area contributed by atoms with E-state index in [1.54, 1.807) is 6.07 Å². The normalized spacial score (nSPS) is 10.7. The lowest BCUT2D eigenvalue weighted by molar-refractivity contribution is -0.136. The molecule has 0 saturated carbocycles. The minimum Gasteiger partial charge on any atom is -0.481 e. The second-order valence-electron chi connectivity index (χ2n) is 4.71. The number of fused-ring (bicyclic) bond motifs is 1. The Morgan fingerprint density at radius 1 is 1.37 bits per heavy atom. The number of aliphatic carboxylic acids is 1. The van der Waals surface area contributed by atoms with Crippen LogP contribution in [0.2, 0.25) is 5.02 Å². The standard InChI is InChI=1S/C14H15ClN2O2/c1-8-4-12(17(2)3)11-7-10(15)5-9(6-13(18)19)14(11)16-8/h4-5,7H,6H2,1-3H3,(H,18,19). The molecule has 0 bridgehead atoms.